The highest BCUT2D eigenvalue weighted by atomic mass is 32.2. The fourth-order valence-electron chi connectivity index (χ4n) is 2.08. The topological polar surface area (TPSA) is 54.7 Å². The standard InChI is InChI=1S/C16H17N3OS/c1-12(9-10-13-6-3-2-4-7-13)21-16-19-18-15(20-16)14-8-5-11-17-14/h2-8,11-12,17H,9-10H2,1H3/t12-/m0/s1. The number of rotatable bonds is 6. The quantitative estimate of drug-likeness (QED) is 0.694. The maximum atomic E-state index is 5.66. The van der Waals surface area contributed by atoms with Crippen LogP contribution in [0.15, 0.2) is 58.3 Å². The van der Waals surface area contributed by atoms with Gasteiger partial charge in [-0.05, 0) is 30.5 Å². The normalized spacial score (nSPS) is 12.4. The zero-order chi connectivity index (χ0) is 14.5. The van der Waals surface area contributed by atoms with Crippen LogP contribution >= 0.6 is 11.8 Å². The van der Waals surface area contributed by atoms with Gasteiger partial charge >= 0.3 is 0 Å². The Morgan fingerprint density at radius 3 is 2.76 bits per heavy atom. The minimum absolute atomic E-state index is 0.433. The van der Waals surface area contributed by atoms with Crippen molar-refractivity contribution in [1.82, 2.24) is 15.2 Å². The molecule has 0 bridgehead atoms. The van der Waals surface area contributed by atoms with Gasteiger partial charge in [-0.1, -0.05) is 49.0 Å². The molecular formula is C16H17N3OS. The summed E-state index contributed by atoms with van der Waals surface area (Å²) in [6, 6.07) is 14.3. The summed E-state index contributed by atoms with van der Waals surface area (Å²) in [6.07, 6.45) is 3.98. The lowest BCUT2D eigenvalue weighted by atomic mass is 10.1. The zero-order valence-electron chi connectivity index (χ0n) is 11.8. The van der Waals surface area contributed by atoms with Gasteiger partial charge in [0.05, 0.1) is 0 Å². The van der Waals surface area contributed by atoms with Crippen molar-refractivity contribution in [3.63, 3.8) is 0 Å². The molecule has 0 radical (unpaired) electrons. The molecule has 0 saturated carbocycles. The third kappa shape index (κ3) is 3.76. The van der Waals surface area contributed by atoms with Crippen LogP contribution in [0.25, 0.3) is 11.6 Å². The fraction of sp³-hybridized carbons (Fsp3) is 0.250. The predicted molar refractivity (Wildman–Crippen MR) is 84.2 cm³/mol. The van der Waals surface area contributed by atoms with E-state index >= 15 is 0 Å². The average Bonchev–Trinajstić information content (AvgIpc) is 3.17. The maximum absolute atomic E-state index is 5.66. The second kappa shape index (κ2) is 6.63. The van der Waals surface area contributed by atoms with Crippen LogP contribution in [0, 0.1) is 0 Å². The van der Waals surface area contributed by atoms with Crippen LogP contribution < -0.4 is 0 Å². The van der Waals surface area contributed by atoms with E-state index in [4.69, 9.17) is 4.42 Å². The lowest BCUT2D eigenvalue weighted by Crippen LogP contribution is -1.98. The molecule has 0 fully saturated rings. The minimum atomic E-state index is 0.433. The Morgan fingerprint density at radius 2 is 2.00 bits per heavy atom. The number of thioether (sulfide) groups is 1. The van der Waals surface area contributed by atoms with Gasteiger partial charge in [0.15, 0.2) is 0 Å². The van der Waals surface area contributed by atoms with Gasteiger partial charge in [0.1, 0.15) is 5.69 Å². The van der Waals surface area contributed by atoms with Crippen LogP contribution in [0.1, 0.15) is 18.9 Å². The molecule has 0 amide bonds. The zero-order valence-corrected chi connectivity index (χ0v) is 12.6. The van der Waals surface area contributed by atoms with Gasteiger partial charge in [0.25, 0.3) is 11.1 Å². The number of benzene rings is 1. The van der Waals surface area contributed by atoms with E-state index in [1.54, 1.807) is 11.8 Å². The number of aryl methyl sites for hydroxylation is 1. The summed E-state index contributed by atoms with van der Waals surface area (Å²) in [5.74, 6) is 0.540. The molecule has 0 saturated heterocycles. The Labute approximate surface area is 128 Å². The van der Waals surface area contributed by atoms with Crippen molar-refractivity contribution >= 4 is 11.8 Å². The summed E-state index contributed by atoms with van der Waals surface area (Å²) in [4.78, 5) is 3.06. The Balaban J connectivity index is 1.54. The molecule has 1 N–H and O–H groups in total. The number of nitrogens with one attached hydrogen (secondary N) is 1. The molecule has 108 valence electrons. The van der Waals surface area contributed by atoms with E-state index in [0.29, 0.717) is 16.4 Å². The molecule has 3 rings (SSSR count). The van der Waals surface area contributed by atoms with Gasteiger partial charge < -0.3 is 9.40 Å². The Bertz CT molecular complexity index is 664. The average molecular weight is 299 g/mol. The third-order valence-corrected chi connectivity index (χ3v) is 4.22. The van der Waals surface area contributed by atoms with Crippen molar-refractivity contribution in [2.75, 3.05) is 0 Å². The molecule has 5 heteroatoms. The molecule has 0 spiro atoms. The number of H-pyrrole nitrogens is 1. The molecule has 0 aliphatic rings. The van der Waals surface area contributed by atoms with Crippen LogP contribution in [0.3, 0.4) is 0 Å². The largest absolute Gasteiger partial charge is 0.410 e. The smallest absolute Gasteiger partial charge is 0.277 e. The predicted octanol–water partition coefficient (Wildman–Crippen LogP) is 4.18. The van der Waals surface area contributed by atoms with Crippen LogP contribution in [-0.2, 0) is 6.42 Å². The van der Waals surface area contributed by atoms with Crippen LogP contribution in [-0.4, -0.2) is 20.4 Å². The fourth-order valence-corrected chi connectivity index (χ4v) is 2.87. The number of hydrogen-bond donors (Lipinski definition) is 1. The molecular weight excluding hydrogens is 282 g/mol. The van der Waals surface area contributed by atoms with Crippen molar-refractivity contribution in [2.24, 2.45) is 0 Å². The second-order valence-corrected chi connectivity index (χ2v) is 6.30. The van der Waals surface area contributed by atoms with Crippen LogP contribution in [0.4, 0.5) is 0 Å². The van der Waals surface area contributed by atoms with E-state index in [0.717, 1.165) is 18.5 Å². The summed E-state index contributed by atoms with van der Waals surface area (Å²) >= 11 is 1.63. The number of nitrogens with zero attached hydrogens (tertiary/aromatic N) is 2. The molecule has 21 heavy (non-hydrogen) atoms. The van der Waals surface area contributed by atoms with Crippen molar-refractivity contribution in [1.29, 1.82) is 0 Å². The molecule has 4 nitrogen and oxygen atoms in total. The first-order valence-corrected chi connectivity index (χ1v) is 7.87. The van der Waals surface area contributed by atoms with Crippen molar-refractivity contribution < 1.29 is 4.42 Å². The number of aromatic amines is 1. The molecule has 2 aromatic heterocycles. The van der Waals surface area contributed by atoms with E-state index in [1.165, 1.54) is 5.56 Å². The highest BCUT2D eigenvalue weighted by molar-refractivity contribution is 7.99. The van der Waals surface area contributed by atoms with Gasteiger partial charge in [0.2, 0.25) is 0 Å². The lowest BCUT2D eigenvalue weighted by Gasteiger charge is -2.07. The van der Waals surface area contributed by atoms with E-state index in [9.17, 15) is 0 Å². The molecule has 0 aliphatic heterocycles. The molecule has 0 unspecified atom stereocenters. The van der Waals surface area contributed by atoms with Crippen LogP contribution in [0.5, 0.6) is 0 Å². The molecule has 3 aromatic rings. The highest BCUT2D eigenvalue weighted by Crippen LogP contribution is 2.27. The van der Waals surface area contributed by atoms with Gasteiger partial charge in [-0.25, -0.2) is 0 Å². The summed E-state index contributed by atoms with van der Waals surface area (Å²) in [7, 11) is 0. The van der Waals surface area contributed by atoms with E-state index in [-0.39, 0.29) is 0 Å². The third-order valence-electron chi connectivity index (χ3n) is 3.22. The van der Waals surface area contributed by atoms with E-state index < -0.39 is 0 Å². The Morgan fingerprint density at radius 1 is 1.14 bits per heavy atom. The molecule has 1 atom stereocenters. The molecule has 0 aliphatic carbocycles. The Hall–Kier alpha value is -2.01. The number of aromatic nitrogens is 3. The minimum Gasteiger partial charge on any atom is -0.410 e. The van der Waals surface area contributed by atoms with Gasteiger partial charge in [-0.2, -0.15) is 0 Å². The summed E-state index contributed by atoms with van der Waals surface area (Å²) < 4.78 is 5.66. The molecule has 2 heterocycles. The highest BCUT2D eigenvalue weighted by Gasteiger charge is 2.13. The second-order valence-electron chi connectivity index (χ2n) is 4.91. The van der Waals surface area contributed by atoms with Crippen LogP contribution in [0.2, 0.25) is 0 Å². The van der Waals surface area contributed by atoms with Gasteiger partial charge in [0, 0.05) is 11.4 Å². The number of hydrogen-bond acceptors (Lipinski definition) is 4. The van der Waals surface area contributed by atoms with Crippen molar-refractivity contribution in [3.05, 3.63) is 54.2 Å². The first-order valence-electron chi connectivity index (χ1n) is 6.99. The summed E-state index contributed by atoms with van der Waals surface area (Å²) in [5.41, 5.74) is 2.22. The molecule has 1 aromatic carbocycles. The van der Waals surface area contributed by atoms with Crippen molar-refractivity contribution in [2.45, 2.75) is 30.2 Å². The van der Waals surface area contributed by atoms with E-state index in [2.05, 4.69) is 46.4 Å². The van der Waals surface area contributed by atoms with Gasteiger partial charge in [-0.3, -0.25) is 0 Å². The summed E-state index contributed by atoms with van der Waals surface area (Å²) in [6.45, 7) is 2.19. The first kappa shape index (κ1) is 13.9. The summed E-state index contributed by atoms with van der Waals surface area (Å²) in [5, 5.41) is 9.21. The maximum Gasteiger partial charge on any atom is 0.277 e. The van der Waals surface area contributed by atoms with Gasteiger partial charge in [-0.15, -0.1) is 10.2 Å². The lowest BCUT2D eigenvalue weighted by molar-refractivity contribution is 0.463. The first-order chi connectivity index (χ1) is 10.3. The van der Waals surface area contributed by atoms with Crippen molar-refractivity contribution in [3.8, 4) is 11.6 Å². The Kier molecular flexibility index (Phi) is 4.40. The monoisotopic (exact) mass is 299 g/mol. The SMILES string of the molecule is C[C@@H](CCc1ccccc1)Sc1nnc(-c2ccc[nH]2)o1. The van der Waals surface area contributed by atoms with E-state index in [1.807, 2.05) is 24.4 Å².